The van der Waals surface area contributed by atoms with Crippen LogP contribution in [0, 0.1) is 5.92 Å². The van der Waals surface area contributed by atoms with Crippen LogP contribution in [-0.4, -0.2) is 11.1 Å². The van der Waals surface area contributed by atoms with Gasteiger partial charge in [-0.05, 0) is 12.3 Å². The van der Waals surface area contributed by atoms with Crippen molar-refractivity contribution in [1.29, 1.82) is 0 Å². The van der Waals surface area contributed by atoms with Crippen molar-refractivity contribution in [3.8, 4) is 0 Å². The van der Waals surface area contributed by atoms with Gasteiger partial charge in [0, 0.05) is 6.42 Å². The van der Waals surface area contributed by atoms with E-state index in [9.17, 15) is 4.79 Å². The molecule has 19 heavy (non-hydrogen) atoms. The molecule has 0 spiro atoms. The summed E-state index contributed by atoms with van der Waals surface area (Å²) in [4.78, 5) is 10.3. The molecular weight excluding hydrogens is 236 g/mol. The molecule has 0 fully saturated rings. The Morgan fingerprint density at radius 1 is 0.842 bits per heavy atom. The highest BCUT2D eigenvalue weighted by Crippen LogP contribution is 2.17. The van der Waals surface area contributed by atoms with E-state index in [1.807, 2.05) is 0 Å². The summed E-state index contributed by atoms with van der Waals surface area (Å²) in [6.45, 7) is 4.66. The number of hydrogen-bond donors (Lipinski definition) is 1. The van der Waals surface area contributed by atoms with Crippen molar-refractivity contribution in [2.75, 3.05) is 0 Å². The Morgan fingerprint density at radius 2 is 1.32 bits per heavy atom. The minimum absolute atomic E-state index is 0.343. The molecule has 0 aromatic rings. The predicted molar refractivity (Wildman–Crippen MR) is 82.5 cm³/mol. The molecule has 0 aromatic carbocycles. The number of hydrogen-bond acceptors (Lipinski definition) is 1. The number of carboxylic acid groups (broad SMARTS) is 1. The topological polar surface area (TPSA) is 37.3 Å². The molecule has 1 atom stereocenters. The van der Waals surface area contributed by atoms with Crippen molar-refractivity contribution >= 4 is 5.97 Å². The standard InChI is InChI=1S/C17H34O2/c1-3-4-10-13-16(2)14-11-8-6-5-7-9-12-15-17(18)19/h16H,3-15H2,1-2H3,(H,18,19)/t16-/m0/s1. The number of aliphatic carboxylic acids is 1. The van der Waals surface area contributed by atoms with E-state index in [0.29, 0.717) is 6.42 Å². The van der Waals surface area contributed by atoms with Crippen LogP contribution in [0.4, 0.5) is 0 Å². The van der Waals surface area contributed by atoms with Gasteiger partial charge in [0.15, 0.2) is 0 Å². The Balaban J connectivity index is 3.11. The highest BCUT2D eigenvalue weighted by molar-refractivity contribution is 5.66. The fraction of sp³-hybridized carbons (Fsp3) is 0.941. The Bertz CT molecular complexity index is 201. The monoisotopic (exact) mass is 270 g/mol. The molecule has 1 N–H and O–H groups in total. The van der Waals surface area contributed by atoms with Crippen molar-refractivity contribution in [2.24, 2.45) is 5.92 Å². The third kappa shape index (κ3) is 15.4. The van der Waals surface area contributed by atoms with Crippen LogP contribution in [0.25, 0.3) is 0 Å². The second-order valence-electron chi connectivity index (χ2n) is 6.01. The highest BCUT2D eigenvalue weighted by Gasteiger charge is 2.01. The second-order valence-corrected chi connectivity index (χ2v) is 6.01. The lowest BCUT2D eigenvalue weighted by Gasteiger charge is -2.10. The summed E-state index contributed by atoms with van der Waals surface area (Å²) in [5.41, 5.74) is 0. The summed E-state index contributed by atoms with van der Waals surface area (Å²) >= 11 is 0. The first-order valence-corrected chi connectivity index (χ1v) is 8.38. The number of unbranched alkanes of at least 4 members (excludes halogenated alkanes) is 8. The molecule has 0 bridgehead atoms. The molecule has 0 aliphatic carbocycles. The first-order valence-electron chi connectivity index (χ1n) is 8.38. The van der Waals surface area contributed by atoms with Crippen molar-refractivity contribution in [2.45, 2.75) is 97.3 Å². The van der Waals surface area contributed by atoms with Gasteiger partial charge < -0.3 is 5.11 Å². The summed E-state index contributed by atoms with van der Waals surface area (Å²) in [7, 11) is 0. The lowest BCUT2D eigenvalue weighted by atomic mass is 9.96. The third-order valence-corrected chi connectivity index (χ3v) is 3.89. The van der Waals surface area contributed by atoms with Gasteiger partial charge >= 0.3 is 5.97 Å². The lowest BCUT2D eigenvalue weighted by molar-refractivity contribution is -0.137. The van der Waals surface area contributed by atoms with E-state index in [1.165, 1.54) is 64.2 Å². The molecule has 0 rings (SSSR count). The van der Waals surface area contributed by atoms with Crippen molar-refractivity contribution < 1.29 is 9.90 Å². The van der Waals surface area contributed by atoms with Crippen LogP contribution in [-0.2, 0) is 4.79 Å². The first kappa shape index (κ1) is 18.5. The van der Waals surface area contributed by atoms with Gasteiger partial charge in [0.1, 0.15) is 0 Å². The summed E-state index contributed by atoms with van der Waals surface area (Å²) in [5, 5.41) is 8.52. The minimum atomic E-state index is -0.655. The van der Waals surface area contributed by atoms with Crippen molar-refractivity contribution in [3.63, 3.8) is 0 Å². The van der Waals surface area contributed by atoms with Gasteiger partial charge in [0.2, 0.25) is 0 Å². The summed E-state index contributed by atoms with van der Waals surface area (Å²) in [5.74, 6) is 0.249. The normalized spacial score (nSPS) is 12.5. The van der Waals surface area contributed by atoms with Crippen LogP contribution < -0.4 is 0 Å². The molecule has 0 amide bonds. The third-order valence-electron chi connectivity index (χ3n) is 3.89. The smallest absolute Gasteiger partial charge is 0.303 e. The molecule has 2 nitrogen and oxygen atoms in total. The molecule has 0 radical (unpaired) electrons. The Kier molecular flexibility index (Phi) is 13.5. The van der Waals surface area contributed by atoms with E-state index in [4.69, 9.17) is 5.11 Å². The predicted octanol–water partition coefficient (Wildman–Crippen LogP) is 5.80. The Morgan fingerprint density at radius 3 is 1.84 bits per heavy atom. The Hall–Kier alpha value is -0.530. The van der Waals surface area contributed by atoms with Gasteiger partial charge in [0.25, 0.3) is 0 Å². The molecule has 0 unspecified atom stereocenters. The second kappa shape index (κ2) is 13.9. The fourth-order valence-corrected chi connectivity index (χ4v) is 2.54. The summed E-state index contributed by atoms with van der Waals surface area (Å²) in [6.07, 6.45) is 15.7. The quantitative estimate of drug-likeness (QED) is 0.405. The molecule has 0 saturated carbocycles. The van der Waals surface area contributed by atoms with E-state index in [2.05, 4.69) is 13.8 Å². The number of carbonyl (C=O) groups is 1. The van der Waals surface area contributed by atoms with Crippen LogP contribution >= 0.6 is 0 Å². The maximum absolute atomic E-state index is 10.3. The SMILES string of the molecule is CCCCC[C@H](C)CCCCCCCCCC(=O)O. The maximum atomic E-state index is 10.3. The molecule has 0 heterocycles. The van der Waals surface area contributed by atoms with E-state index < -0.39 is 5.97 Å². The van der Waals surface area contributed by atoms with Gasteiger partial charge in [-0.25, -0.2) is 0 Å². The van der Waals surface area contributed by atoms with E-state index >= 15 is 0 Å². The zero-order chi connectivity index (χ0) is 14.3. The zero-order valence-electron chi connectivity index (χ0n) is 13.1. The average molecular weight is 270 g/mol. The highest BCUT2D eigenvalue weighted by atomic mass is 16.4. The fourth-order valence-electron chi connectivity index (χ4n) is 2.54. The van der Waals surface area contributed by atoms with E-state index in [1.54, 1.807) is 0 Å². The van der Waals surface area contributed by atoms with Gasteiger partial charge in [0.05, 0.1) is 0 Å². The largest absolute Gasteiger partial charge is 0.481 e. The molecule has 0 saturated heterocycles. The molecule has 2 heteroatoms. The lowest BCUT2D eigenvalue weighted by Crippen LogP contribution is -1.95. The number of carboxylic acids is 1. The summed E-state index contributed by atoms with van der Waals surface area (Å²) in [6, 6.07) is 0. The molecule has 0 aliphatic heterocycles. The summed E-state index contributed by atoms with van der Waals surface area (Å²) < 4.78 is 0. The van der Waals surface area contributed by atoms with E-state index in [-0.39, 0.29) is 0 Å². The molecule has 114 valence electrons. The van der Waals surface area contributed by atoms with Crippen LogP contribution in [0.15, 0.2) is 0 Å². The van der Waals surface area contributed by atoms with Crippen LogP contribution in [0.3, 0.4) is 0 Å². The van der Waals surface area contributed by atoms with Crippen molar-refractivity contribution in [3.05, 3.63) is 0 Å². The van der Waals surface area contributed by atoms with Gasteiger partial charge in [-0.15, -0.1) is 0 Å². The number of rotatable bonds is 14. The average Bonchev–Trinajstić information content (AvgIpc) is 2.36. The van der Waals surface area contributed by atoms with Gasteiger partial charge in [-0.1, -0.05) is 84.5 Å². The van der Waals surface area contributed by atoms with Crippen molar-refractivity contribution in [1.82, 2.24) is 0 Å². The van der Waals surface area contributed by atoms with Gasteiger partial charge in [-0.2, -0.15) is 0 Å². The van der Waals surface area contributed by atoms with Crippen LogP contribution in [0.2, 0.25) is 0 Å². The minimum Gasteiger partial charge on any atom is -0.481 e. The molecular formula is C17H34O2. The molecule has 0 aromatic heterocycles. The maximum Gasteiger partial charge on any atom is 0.303 e. The first-order chi connectivity index (χ1) is 9.16. The molecule has 0 aliphatic rings. The van der Waals surface area contributed by atoms with Crippen LogP contribution in [0.1, 0.15) is 97.3 Å². The Labute approximate surface area is 120 Å². The zero-order valence-corrected chi connectivity index (χ0v) is 13.1. The van der Waals surface area contributed by atoms with Gasteiger partial charge in [-0.3, -0.25) is 4.79 Å². The van der Waals surface area contributed by atoms with E-state index in [0.717, 1.165) is 18.8 Å². The van der Waals surface area contributed by atoms with Crippen LogP contribution in [0.5, 0.6) is 0 Å².